The highest BCUT2D eigenvalue weighted by atomic mass is 16.2. The van der Waals surface area contributed by atoms with Crippen molar-refractivity contribution in [1.29, 1.82) is 0 Å². The average molecular weight is 297 g/mol. The minimum atomic E-state index is -0.213. The molecule has 7 nitrogen and oxygen atoms in total. The van der Waals surface area contributed by atoms with Crippen LogP contribution in [0.1, 0.15) is 18.9 Å². The Morgan fingerprint density at radius 1 is 1.18 bits per heavy atom. The highest BCUT2D eigenvalue weighted by Gasteiger charge is 2.21. The predicted octanol–water partition coefficient (Wildman–Crippen LogP) is 1.37. The van der Waals surface area contributed by atoms with Crippen LogP contribution in [0.5, 0.6) is 0 Å². The van der Waals surface area contributed by atoms with Gasteiger partial charge in [-0.15, -0.1) is 0 Å². The van der Waals surface area contributed by atoms with Gasteiger partial charge in [-0.05, 0) is 17.7 Å². The second kappa shape index (κ2) is 5.80. The first-order chi connectivity index (χ1) is 10.6. The summed E-state index contributed by atoms with van der Waals surface area (Å²) in [5.74, 6) is 0.407. The van der Waals surface area contributed by atoms with Crippen LogP contribution in [0.25, 0.3) is 0 Å². The molecule has 0 fully saturated rings. The Bertz CT molecular complexity index is 779. The van der Waals surface area contributed by atoms with Gasteiger partial charge in [-0.25, -0.2) is 10.4 Å². The number of anilines is 2. The van der Waals surface area contributed by atoms with Gasteiger partial charge < -0.3 is 5.32 Å². The molecule has 7 heteroatoms. The number of aromatic nitrogens is 2. The van der Waals surface area contributed by atoms with Crippen LogP contribution in [0, 0.1) is 5.92 Å². The van der Waals surface area contributed by atoms with E-state index >= 15 is 0 Å². The molecule has 0 radical (unpaired) electrons. The quantitative estimate of drug-likeness (QED) is 0.796. The smallest absolute Gasteiger partial charge is 0.252 e. The van der Waals surface area contributed by atoms with Crippen molar-refractivity contribution in [2.45, 2.75) is 13.3 Å². The third-order valence-electron chi connectivity index (χ3n) is 3.37. The van der Waals surface area contributed by atoms with Gasteiger partial charge in [-0.1, -0.05) is 19.1 Å². The lowest BCUT2D eigenvalue weighted by Crippen LogP contribution is -2.31. The van der Waals surface area contributed by atoms with Crippen molar-refractivity contribution in [1.82, 2.24) is 15.4 Å². The van der Waals surface area contributed by atoms with E-state index in [4.69, 9.17) is 0 Å². The summed E-state index contributed by atoms with van der Waals surface area (Å²) in [4.78, 5) is 29.1. The molecule has 0 unspecified atom stereocenters. The van der Waals surface area contributed by atoms with Crippen LogP contribution in [-0.4, -0.2) is 21.6 Å². The maximum absolute atomic E-state index is 11.3. The molecule has 1 aromatic heterocycles. The Labute approximate surface area is 126 Å². The number of rotatable bonds is 3. The van der Waals surface area contributed by atoms with Crippen LogP contribution >= 0.6 is 0 Å². The summed E-state index contributed by atoms with van der Waals surface area (Å²) in [5.41, 5.74) is 4.90. The summed E-state index contributed by atoms with van der Waals surface area (Å²) in [6.07, 6.45) is 1.88. The van der Waals surface area contributed by atoms with Gasteiger partial charge in [-0.2, -0.15) is 5.10 Å². The molecule has 2 heterocycles. The zero-order valence-corrected chi connectivity index (χ0v) is 12.0. The van der Waals surface area contributed by atoms with E-state index in [1.54, 1.807) is 0 Å². The van der Waals surface area contributed by atoms with Crippen molar-refractivity contribution >= 4 is 23.3 Å². The third-order valence-corrected chi connectivity index (χ3v) is 3.37. The number of H-pyrrole nitrogens is 1. The Kier molecular flexibility index (Phi) is 3.69. The van der Waals surface area contributed by atoms with E-state index in [1.807, 2.05) is 31.2 Å². The lowest BCUT2D eigenvalue weighted by atomic mass is 9.94. The first-order valence-corrected chi connectivity index (χ1v) is 6.91. The number of hydrogen-bond acceptors (Lipinski definition) is 5. The lowest BCUT2D eigenvalue weighted by Gasteiger charge is -2.19. The summed E-state index contributed by atoms with van der Waals surface area (Å²) in [6.45, 7) is 1.97. The van der Waals surface area contributed by atoms with Crippen LogP contribution in [0.3, 0.4) is 0 Å². The van der Waals surface area contributed by atoms with Gasteiger partial charge in [-0.3, -0.25) is 14.6 Å². The average Bonchev–Trinajstić information content (AvgIpc) is 2.48. The van der Waals surface area contributed by atoms with Gasteiger partial charge in [0.2, 0.25) is 11.9 Å². The summed E-state index contributed by atoms with van der Waals surface area (Å²) >= 11 is 0. The Morgan fingerprint density at radius 3 is 2.64 bits per heavy atom. The minimum absolute atomic E-state index is 0.0614. The van der Waals surface area contributed by atoms with Gasteiger partial charge >= 0.3 is 0 Å². The number of hydrazone groups is 1. The van der Waals surface area contributed by atoms with E-state index in [-0.39, 0.29) is 17.4 Å². The molecule has 0 bridgehead atoms. The van der Waals surface area contributed by atoms with Gasteiger partial charge in [0.15, 0.2) is 0 Å². The molecule has 1 aliphatic heterocycles. The van der Waals surface area contributed by atoms with Crippen LogP contribution < -0.4 is 16.3 Å². The largest absolute Gasteiger partial charge is 0.326 e. The first kappa shape index (κ1) is 14.0. The number of amides is 1. The van der Waals surface area contributed by atoms with Crippen molar-refractivity contribution in [3.05, 3.63) is 52.4 Å². The Hall–Kier alpha value is -2.96. The van der Waals surface area contributed by atoms with Crippen molar-refractivity contribution in [3.63, 3.8) is 0 Å². The number of carbonyl (C=O) groups excluding carboxylic acids is 1. The van der Waals surface area contributed by atoms with Gasteiger partial charge in [0.05, 0.1) is 5.71 Å². The van der Waals surface area contributed by atoms with Gasteiger partial charge in [0.25, 0.3) is 5.56 Å². The van der Waals surface area contributed by atoms with Crippen molar-refractivity contribution in [2.75, 3.05) is 5.32 Å². The number of nitrogens with zero attached hydrogens (tertiary/aromatic N) is 2. The topological polar surface area (TPSA) is 99.2 Å². The lowest BCUT2D eigenvalue weighted by molar-refractivity contribution is -0.121. The molecule has 1 amide bonds. The van der Waals surface area contributed by atoms with Crippen LogP contribution in [0.4, 0.5) is 11.6 Å². The fourth-order valence-electron chi connectivity index (χ4n) is 2.30. The molecule has 0 aliphatic carbocycles. The second-order valence-corrected chi connectivity index (χ2v) is 5.12. The summed E-state index contributed by atoms with van der Waals surface area (Å²) in [7, 11) is 0. The zero-order valence-electron chi connectivity index (χ0n) is 12.0. The number of aromatic amines is 1. The maximum Gasteiger partial charge on any atom is 0.252 e. The van der Waals surface area contributed by atoms with Crippen molar-refractivity contribution in [2.24, 2.45) is 11.0 Å². The molecule has 3 rings (SSSR count). The maximum atomic E-state index is 11.3. The van der Waals surface area contributed by atoms with Gasteiger partial charge in [0.1, 0.15) is 0 Å². The molecule has 2 aromatic rings. The highest BCUT2D eigenvalue weighted by molar-refractivity contribution is 6.05. The SMILES string of the molecule is C[C@@H]1CC(=O)NN=C1c1ccc(Nc2nccc(=O)[nH]2)cc1. The van der Waals surface area contributed by atoms with Gasteiger partial charge in [0, 0.05) is 30.3 Å². The first-order valence-electron chi connectivity index (χ1n) is 6.91. The number of nitrogens with one attached hydrogen (secondary N) is 3. The minimum Gasteiger partial charge on any atom is -0.326 e. The molecular weight excluding hydrogens is 282 g/mol. The highest BCUT2D eigenvalue weighted by Crippen LogP contribution is 2.19. The van der Waals surface area contributed by atoms with Crippen molar-refractivity contribution in [3.8, 4) is 0 Å². The van der Waals surface area contributed by atoms with Crippen LogP contribution in [0.15, 0.2) is 46.4 Å². The standard InChI is InChI=1S/C15H15N5O2/c1-9-8-13(22)19-20-14(9)10-2-4-11(5-3-10)17-15-16-7-6-12(21)18-15/h2-7,9H,8H2,1H3,(H,19,22)(H2,16,17,18,21)/t9-/m1/s1. The fourth-order valence-corrected chi connectivity index (χ4v) is 2.30. The number of hydrogen-bond donors (Lipinski definition) is 3. The van der Waals surface area contributed by atoms with E-state index in [1.165, 1.54) is 12.3 Å². The van der Waals surface area contributed by atoms with E-state index in [0.29, 0.717) is 12.4 Å². The Balaban J connectivity index is 1.78. The Morgan fingerprint density at radius 2 is 1.95 bits per heavy atom. The van der Waals surface area contributed by atoms with Crippen LogP contribution in [-0.2, 0) is 4.79 Å². The predicted molar refractivity (Wildman–Crippen MR) is 83.0 cm³/mol. The normalized spacial score (nSPS) is 17.6. The van der Waals surface area contributed by atoms with E-state index < -0.39 is 0 Å². The third kappa shape index (κ3) is 3.03. The van der Waals surface area contributed by atoms with Crippen LogP contribution in [0.2, 0.25) is 0 Å². The molecule has 0 spiro atoms. The molecule has 0 saturated heterocycles. The fraction of sp³-hybridized carbons (Fsp3) is 0.200. The number of benzene rings is 1. The molecule has 22 heavy (non-hydrogen) atoms. The molecular formula is C15H15N5O2. The summed E-state index contributed by atoms with van der Waals surface area (Å²) in [5, 5.41) is 7.14. The summed E-state index contributed by atoms with van der Waals surface area (Å²) < 4.78 is 0. The number of carbonyl (C=O) groups is 1. The molecule has 1 aromatic carbocycles. The monoisotopic (exact) mass is 297 g/mol. The summed E-state index contributed by atoms with van der Waals surface area (Å²) in [6, 6.07) is 8.92. The second-order valence-electron chi connectivity index (χ2n) is 5.12. The molecule has 1 atom stereocenters. The molecule has 0 saturated carbocycles. The van der Waals surface area contributed by atoms with E-state index in [0.717, 1.165) is 17.0 Å². The zero-order chi connectivity index (χ0) is 15.5. The van der Waals surface area contributed by atoms with E-state index in [2.05, 4.69) is 25.8 Å². The van der Waals surface area contributed by atoms with Crippen molar-refractivity contribution < 1.29 is 4.79 Å². The molecule has 1 aliphatic rings. The molecule has 112 valence electrons. The molecule has 3 N–H and O–H groups in total. The van der Waals surface area contributed by atoms with E-state index in [9.17, 15) is 9.59 Å².